The zero-order valence-corrected chi connectivity index (χ0v) is 29.1. The number of pyridine rings is 1. The average molecular weight is 746 g/mol. The number of aromatic nitrogens is 1. The normalized spacial score (nSPS) is 18.3. The first-order valence-corrected chi connectivity index (χ1v) is 19.0. The second kappa shape index (κ2) is 13.2. The van der Waals surface area contributed by atoms with Gasteiger partial charge in [0.2, 0.25) is 10.0 Å². The lowest BCUT2D eigenvalue weighted by atomic mass is 9.94. The SMILES string of the molecule is CCS(=O)(=O)N1CCN(C(=O)c2ccc3n(c2=O)C(c2ccc(Cl)cc2)C(c2ccc(Cl)cc2)N3S(=O)(=O)c2cccc(C(=O)O)c2)CC1. The van der Waals surface area contributed by atoms with Crippen LogP contribution in [0.1, 0.15) is 50.9 Å². The smallest absolute Gasteiger partial charge is 0.335 e. The number of piperazine rings is 1. The first kappa shape index (κ1) is 34.6. The van der Waals surface area contributed by atoms with Crippen molar-refractivity contribution in [2.45, 2.75) is 23.9 Å². The molecule has 49 heavy (non-hydrogen) atoms. The van der Waals surface area contributed by atoms with Crippen LogP contribution in [0.4, 0.5) is 5.82 Å². The number of fused-ring (bicyclic) bond motifs is 1. The van der Waals surface area contributed by atoms with Crippen LogP contribution in [0.2, 0.25) is 10.0 Å². The molecule has 2 aliphatic rings. The molecule has 2 unspecified atom stereocenters. The number of carbonyl (C=O) groups excluding carboxylic acids is 1. The van der Waals surface area contributed by atoms with E-state index in [0.29, 0.717) is 21.2 Å². The molecule has 0 saturated carbocycles. The summed E-state index contributed by atoms with van der Waals surface area (Å²) in [7, 11) is -8.03. The number of carbonyl (C=O) groups is 2. The van der Waals surface area contributed by atoms with Crippen LogP contribution in [-0.4, -0.2) is 79.5 Å². The van der Waals surface area contributed by atoms with Gasteiger partial charge in [0.25, 0.3) is 21.5 Å². The van der Waals surface area contributed by atoms with Crippen molar-refractivity contribution in [1.29, 1.82) is 0 Å². The fraction of sp³-hybridized carbons (Fsp3) is 0.242. The molecule has 2 aliphatic heterocycles. The first-order chi connectivity index (χ1) is 23.2. The zero-order chi connectivity index (χ0) is 35.2. The molecule has 16 heteroatoms. The minimum atomic E-state index is -4.56. The molecule has 256 valence electrons. The molecule has 0 bridgehead atoms. The Kier molecular flexibility index (Phi) is 9.37. The van der Waals surface area contributed by atoms with E-state index in [0.717, 1.165) is 10.4 Å². The number of nitrogens with zero attached hydrogens (tertiary/aromatic N) is 4. The third kappa shape index (κ3) is 6.34. The van der Waals surface area contributed by atoms with Crippen molar-refractivity contribution in [3.63, 3.8) is 0 Å². The predicted molar refractivity (Wildman–Crippen MR) is 184 cm³/mol. The molecule has 2 atom stereocenters. The Morgan fingerprint density at radius 2 is 1.37 bits per heavy atom. The highest BCUT2D eigenvalue weighted by Gasteiger charge is 2.48. The molecular weight excluding hydrogens is 715 g/mol. The monoisotopic (exact) mass is 744 g/mol. The number of aromatic carboxylic acids is 1. The number of hydrogen-bond acceptors (Lipinski definition) is 7. The summed E-state index contributed by atoms with van der Waals surface area (Å²) in [6.07, 6.45) is 0. The molecule has 3 heterocycles. The number of sulfonamides is 2. The summed E-state index contributed by atoms with van der Waals surface area (Å²) in [6.45, 7) is 1.81. The standard InChI is InChI=1S/C33H30Cl2N4O8S2/c1-2-48(44,45)37-18-16-36(17-19-37)31(40)27-14-15-28-38(32(27)41)29(21-6-10-24(34)11-7-21)30(22-8-12-25(35)13-9-22)39(28)49(46,47)26-5-3-4-23(20-26)33(42)43/h3-15,20,29-30H,2,16-19H2,1H3,(H,42,43). The van der Waals surface area contributed by atoms with E-state index in [4.69, 9.17) is 23.2 Å². The fourth-order valence-corrected chi connectivity index (χ4v) is 9.25. The number of benzene rings is 3. The topological polar surface area (TPSA) is 154 Å². The summed E-state index contributed by atoms with van der Waals surface area (Å²) in [6, 6.07) is 18.4. The van der Waals surface area contributed by atoms with Gasteiger partial charge >= 0.3 is 5.97 Å². The minimum Gasteiger partial charge on any atom is -0.478 e. The first-order valence-electron chi connectivity index (χ1n) is 15.2. The molecule has 3 aromatic carbocycles. The Balaban J connectivity index is 1.54. The maximum absolute atomic E-state index is 14.6. The van der Waals surface area contributed by atoms with Crippen LogP contribution >= 0.6 is 23.2 Å². The lowest BCUT2D eigenvalue weighted by molar-refractivity contribution is 0.0688. The number of halogens is 2. The van der Waals surface area contributed by atoms with Gasteiger partial charge in [0.05, 0.1) is 28.3 Å². The number of carboxylic acid groups (broad SMARTS) is 1. The largest absolute Gasteiger partial charge is 0.478 e. The van der Waals surface area contributed by atoms with Crippen molar-refractivity contribution < 1.29 is 31.5 Å². The Morgan fingerprint density at radius 1 is 0.796 bits per heavy atom. The summed E-state index contributed by atoms with van der Waals surface area (Å²) in [5, 5.41) is 10.4. The zero-order valence-electron chi connectivity index (χ0n) is 25.9. The quantitative estimate of drug-likeness (QED) is 0.277. The van der Waals surface area contributed by atoms with Crippen molar-refractivity contribution in [3.8, 4) is 0 Å². The van der Waals surface area contributed by atoms with Gasteiger partial charge in [0.15, 0.2) is 0 Å². The van der Waals surface area contributed by atoms with Gasteiger partial charge in [0.1, 0.15) is 11.4 Å². The highest BCUT2D eigenvalue weighted by Crippen LogP contribution is 2.49. The van der Waals surface area contributed by atoms with E-state index >= 15 is 0 Å². The van der Waals surface area contributed by atoms with E-state index in [2.05, 4.69) is 0 Å². The van der Waals surface area contributed by atoms with Crippen LogP contribution in [0.5, 0.6) is 0 Å². The second-order valence-corrected chi connectivity index (χ2v) is 16.4. The van der Waals surface area contributed by atoms with Crippen LogP contribution in [0.15, 0.2) is 94.6 Å². The average Bonchev–Trinajstić information content (AvgIpc) is 3.46. The molecule has 0 radical (unpaired) electrons. The Hall–Kier alpha value is -4.21. The third-order valence-electron chi connectivity index (χ3n) is 8.73. The van der Waals surface area contributed by atoms with Gasteiger partial charge < -0.3 is 10.0 Å². The van der Waals surface area contributed by atoms with Crippen molar-refractivity contribution in [2.24, 2.45) is 0 Å². The van der Waals surface area contributed by atoms with Crippen LogP contribution in [-0.2, 0) is 20.0 Å². The number of carboxylic acids is 1. The van der Waals surface area contributed by atoms with E-state index in [1.54, 1.807) is 55.5 Å². The van der Waals surface area contributed by atoms with Crippen molar-refractivity contribution >= 4 is 60.9 Å². The molecule has 1 fully saturated rings. The lowest BCUT2D eigenvalue weighted by Gasteiger charge is -2.33. The molecule has 4 aromatic rings. The molecule has 0 spiro atoms. The highest BCUT2D eigenvalue weighted by atomic mass is 35.5. The van der Waals surface area contributed by atoms with Crippen LogP contribution < -0.4 is 9.86 Å². The van der Waals surface area contributed by atoms with Crippen molar-refractivity contribution in [1.82, 2.24) is 13.8 Å². The van der Waals surface area contributed by atoms with Crippen LogP contribution in [0.3, 0.4) is 0 Å². The summed E-state index contributed by atoms with van der Waals surface area (Å²) in [5.41, 5.74) is -0.263. The van der Waals surface area contributed by atoms with E-state index in [1.165, 1.54) is 44.1 Å². The number of amides is 1. The van der Waals surface area contributed by atoms with Gasteiger partial charge in [-0.25, -0.2) is 25.9 Å². The Bertz CT molecular complexity index is 2220. The van der Waals surface area contributed by atoms with Gasteiger partial charge in [-0.2, -0.15) is 4.31 Å². The van der Waals surface area contributed by atoms with Gasteiger partial charge in [-0.05, 0) is 72.6 Å². The van der Waals surface area contributed by atoms with Gasteiger partial charge in [-0.3, -0.25) is 14.2 Å². The molecule has 1 amide bonds. The van der Waals surface area contributed by atoms with Crippen LogP contribution in [0.25, 0.3) is 0 Å². The van der Waals surface area contributed by atoms with E-state index in [9.17, 15) is 36.3 Å². The Labute approximate surface area is 292 Å². The molecular formula is C33H30Cl2N4O8S2. The maximum Gasteiger partial charge on any atom is 0.335 e. The summed E-state index contributed by atoms with van der Waals surface area (Å²) < 4.78 is 57.6. The van der Waals surface area contributed by atoms with Gasteiger partial charge in [-0.1, -0.05) is 53.5 Å². The number of hydrogen-bond donors (Lipinski definition) is 1. The van der Waals surface area contributed by atoms with E-state index in [-0.39, 0.29) is 53.8 Å². The molecule has 1 aromatic heterocycles. The van der Waals surface area contributed by atoms with E-state index in [1.807, 2.05) is 0 Å². The van der Waals surface area contributed by atoms with Gasteiger partial charge in [-0.15, -0.1) is 0 Å². The molecule has 6 rings (SSSR count). The predicted octanol–water partition coefficient (Wildman–Crippen LogP) is 4.50. The lowest BCUT2D eigenvalue weighted by Crippen LogP contribution is -2.51. The summed E-state index contributed by atoms with van der Waals surface area (Å²) in [5.74, 6) is -2.07. The van der Waals surface area contributed by atoms with Gasteiger partial charge in [0, 0.05) is 36.2 Å². The minimum absolute atomic E-state index is 0.0546. The van der Waals surface area contributed by atoms with Crippen molar-refractivity contribution in [2.75, 3.05) is 36.2 Å². The number of rotatable bonds is 8. The Morgan fingerprint density at radius 3 is 1.92 bits per heavy atom. The second-order valence-electron chi connectivity index (χ2n) is 11.5. The fourth-order valence-electron chi connectivity index (χ4n) is 6.23. The third-order valence-corrected chi connectivity index (χ3v) is 12.9. The highest BCUT2D eigenvalue weighted by molar-refractivity contribution is 7.92. The van der Waals surface area contributed by atoms with E-state index < -0.39 is 49.6 Å². The molecule has 1 N–H and O–H groups in total. The molecule has 1 saturated heterocycles. The van der Waals surface area contributed by atoms with Crippen LogP contribution in [0, 0.1) is 0 Å². The van der Waals surface area contributed by atoms with Crippen molar-refractivity contribution in [3.05, 3.63) is 128 Å². The number of anilines is 1. The molecule has 12 nitrogen and oxygen atoms in total. The molecule has 0 aliphatic carbocycles. The summed E-state index contributed by atoms with van der Waals surface area (Å²) >= 11 is 12.4. The summed E-state index contributed by atoms with van der Waals surface area (Å²) in [4.78, 5) is 41.2. The maximum atomic E-state index is 14.6.